The van der Waals surface area contributed by atoms with Crippen molar-refractivity contribution in [2.24, 2.45) is 0 Å². The Morgan fingerprint density at radius 1 is 0.917 bits per heavy atom. The summed E-state index contributed by atoms with van der Waals surface area (Å²) in [5.41, 5.74) is 1.27. The fourth-order valence-electron chi connectivity index (χ4n) is 3.03. The molecule has 0 radical (unpaired) electrons. The molecule has 3 rings (SSSR count). The van der Waals surface area contributed by atoms with Crippen LogP contribution in [0.3, 0.4) is 0 Å². The minimum atomic E-state index is -3.41. The van der Waals surface area contributed by atoms with Crippen molar-refractivity contribution >= 4 is 26.0 Å². The highest BCUT2D eigenvalue weighted by molar-refractivity contribution is 9.10. The van der Waals surface area contributed by atoms with Crippen LogP contribution < -0.4 is 0 Å². The average molecular weight is 409 g/mol. The third-order valence-corrected chi connectivity index (χ3v) is 7.00. The predicted octanol–water partition coefficient (Wildman–Crippen LogP) is 3.52. The van der Waals surface area contributed by atoms with E-state index >= 15 is 0 Å². The van der Waals surface area contributed by atoms with Gasteiger partial charge in [-0.2, -0.15) is 4.31 Å². The van der Waals surface area contributed by atoms with Crippen molar-refractivity contribution in [3.8, 4) is 0 Å². The summed E-state index contributed by atoms with van der Waals surface area (Å²) in [6.07, 6.45) is 0. The fourth-order valence-corrected chi connectivity index (χ4v) is 4.72. The van der Waals surface area contributed by atoms with Crippen LogP contribution in [0.1, 0.15) is 18.5 Å². The molecule has 1 aliphatic rings. The number of hydrogen-bond donors (Lipinski definition) is 0. The maximum atomic E-state index is 12.7. The van der Waals surface area contributed by atoms with Crippen LogP contribution in [0.15, 0.2) is 64.0 Å². The van der Waals surface area contributed by atoms with Crippen molar-refractivity contribution in [3.63, 3.8) is 0 Å². The van der Waals surface area contributed by atoms with Crippen molar-refractivity contribution in [1.82, 2.24) is 9.21 Å². The Morgan fingerprint density at radius 2 is 1.50 bits per heavy atom. The van der Waals surface area contributed by atoms with Gasteiger partial charge in [-0.1, -0.05) is 46.3 Å². The maximum Gasteiger partial charge on any atom is 0.243 e. The van der Waals surface area contributed by atoms with Crippen LogP contribution >= 0.6 is 15.9 Å². The molecular weight excluding hydrogens is 388 g/mol. The van der Waals surface area contributed by atoms with Gasteiger partial charge in [0.25, 0.3) is 0 Å². The topological polar surface area (TPSA) is 40.6 Å². The Morgan fingerprint density at radius 3 is 2.08 bits per heavy atom. The summed E-state index contributed by atoms with van der Waals surface area (Å²) >= 11 is 3.34. The number of nitrogens with zero attached hydrogens (tertiary/aromatic N) is 2. The zero-order valence-electron chi connectivity index (χ0n) is 13.6. The molecule has 1 fully saturated rings. The van der Waals surface area contributed by atoms with E-state index < -0.39 is 10.0 Å². The Bertz CT molecular complexity index is 770. The molecule has 0 aromatic heterocycles. The molecule has 0 bridgehead atoms. The second kappa shape index (κ2) is 7.35. The lowest BCUT2D eigenvalue weighted by atomic mass is 10.1. The highest BCUT2D eigenvalue weighted by Gasteiger charge is 2.30. The van der Waals surface area contributed by atoms with Crippen LogP contribution in [-0.2, 0) is 10.0 Å². The van der Waals surface area contributed by atoms with Crippen LogP contribution in [0.25, 0.3) is 0 Å². The highest BCUT2D eigenvalue weighted by atomic mass is 79.9. The van der Waals surface area contributed by atoms with Gasteiger partial charge in [0.2, 0.25) is 10.0 Å². The van der Waals surface area contributed by atoms with Crippen LogP contribution in [0, 0.1) is 0 Å². The summed E-state index contributed by atoms with van der Waals surface area (Å²) in [6.45, 7) is 4.71. The summed E-state index contributed by atoms with van der Waals surface area (Å²) in [5.74, 6) is 0. The molecule has 0 spiro atoms. The van der Waals surface area contributed by atoms with E-state index in [0.717, 1.165) is 17.6 Å². The molecule has 2 aromatic carbocycles. The molecular formula is C18H21BrN2O2S. The van der Waals surface area contributed by atoms with Gasteiger partial charge in [-0.25, -0.2) is 8.42 Å². The Hall–Kier alpha value is -1.21. The van der Waals surface area contributed by atoms with Gasteiger partial charge >= 0.3 is 0 Å². The molecule has 0 amide bonds. The predicted molar refractivity (Wildman–Crippen MR) is 99.3 cm³/mol. The van der Waals surface area contributed by atoms with Crippen LogP contribution in [0.5, 0.6) is 0 Å². The second-order valence-electron chi connectivity index (χ2n) is 5.98. The standard InChI is InChI=1S/C18H21BrN2O2S/c1-15(16-5-3-2-4-6-16)20-11-13-21(14-12-20)24(22,23)18-9-7-17(19)8-10-18/h2-10,15H,11-14H2,1H3. The normalized spacial score (nSPS) is 18.4. The van der Waals surface area contributed by atoms with E-state index in [2.05, 4.69) is 39.9 Å². The minimum absolute atomic E-state index is 0.295. The Kier molecular flexibility index (Phi) is 5.39. The van der Waals surface area contributed by atoms with E-state index in [9.17, 15) is 8.42 Å². The molecule has 0 saturated carbocycles. The SMILES string of the molecule is CC(c1ccccc1)N1CCN(S(=O)(=O)c2ccc(Br)cc2)CC1. The Labute approximate surface area is 152 Å². The molecule has 0 aliphatic carbocycles. The van der Waals surface area contributed by atoms with Gasteiger partial charge < -0.3 is 0 Å². The lowest BCUT2D eigenvalue weighted by molar-refractivity contribution is 0.146. The van der Waals surface area contributed by atoms with Gasteiger partial charge in [0.1, 0.15) is 0 Å². The first-order valence-corrected chi connectivity index (χ1v) is 10.3. The molecule has 6 heteroatoms. The summed E-state index contributed by atoms with van der Waals surface area (Å²) in [4.78, 5) is 2.69. The molecule has 1 aliphatic heterocycles. The van der Waals surface area contributed by atoms with Gasteiger partial charge in [-0.15, -0.1) is 0 Å². The largest absolute Gasteiger partial charge is 0.294 e. The Balaban J connectivity index is 1.67. The number of piperazine rings is 1. The number of benzene rings is 2. The van der Waals surface area contributed by atoms with Gasteiger partial charge in [0, 0.05) is 36.7 Å². The number of rotatable bonds is 4. The smallest absolute Gasteiger partial charge is 0.243 e. The minimum Gasteiger partial charge on any atom is -0.294 e. The zero-order valence-corrected chi connectivity index (χ0v) is 16.0. The van der Waals surface area contributed by atoms with Crippen molar-refractivity contribution < 1.29 is 8.42 Å². The molecule has 128 valence electrons. The van der Waals surface area contributed by atoms with Crippen LogP contribution in [0.4, 0.5) is 0 Å². The monoisotopic (exact) mass is 408 g/mol. The summed E-state index contributed by atoms with van der Waals surface area (Å²) in [5, 5.41) is 0. The van der Waals surface area contributed by atoms with Gasteiger partial charge in [0.15, 0.2) is 0 Å². The van der Waals surface area contributed by atoms with Crippen molar-refractivity contribution in [2.75, 3.05) is 26.2 Å². The van der Waals surface area contributed by atoms with Gasteiger partial charge in [-0.05, 0) is 36.8 Å². The lowest BCUT2D eigenvalue weighted by Crippen LogP contribution is -2.49. The first-order valence-electron chi connectivity index (χ1n) is 8.03. The quantitative estimate of drug-likeness (QED) is 0.776. The van der Waals surface area contributed by atoms with E-state index in [1.165, 1.54) is 5.56 Å². The first kappa shape index (κ1) is 17.6. The molecule has 1 saturated heterocycles. The van der Waals surface area contributed by atoms with E-state index in [4.69, 9.17) is 0 Å². The number of hydrogen-bond acceptors (Lipinski definition) is 3. The van der Waals surface area contributed by atoms with Crippen molar-refractivity contribution in [1.29, 1.82) is 0 Å². The van der Waals surface area contributed by atoms with Crippen molar-refractivity contribution in [3.05, 3.63) is 64.6 Å². The van der Waals surface area contributed by atoms with Crippen LogP contribution in [0.2, 0.25) is 0 Å². The number of halogens is 1. The summed E-state index contributed by atoms with van der Waals surface area (Å²) < 4.78 is 27.9. The molecule has 1 unspecified atom stereocenters. The summed E-state index contributed by atoms with van der Waals surface area (Å²) in [6, 6.07) is 17.5. The number of sulfonamides is 1. The van der Waals surface area contributed by atoms with E-state index in [1.807, 2.05) is 18.2 Å². The van der Waals surface area contributed by atoms with Gasteiger partial charge in [0.05, 0.1) is 4.90 Å². The third-order valence-electron chi connectivity index (χ3n) is 4.55. The molecule has 4 nitrogen and oxygen atoms in total. The van der Waals surface area contributed by atoms with E-state index in [-0.39, 0.29) is 0 Å². The molecule has 0 N–H and O–H groups in total. The zero-order chi connectivity index (χ0) is 17.2. The average Bonchev–Trinajstić information content (AvgIpc) is 2.62. The maximum absolute atomic E-state index is 12.7. The first-order chi connectivity index (χ1) is 11.5. The van der Waals surface area contributed by atoms with Gasteiger partial charge in [-0.3, -0.25) is 4.90 Å². The van der Waals surface area contributed by atoms with E-state index in [1.54, 1.807) is 28.6 Å². The molecule has 1 atom stereocenters. The summed E-state index contributed by atoms with van der Waals surface area (Å²) in [7, 11) is -3.41. The van der Waals surface area contributed by atoms with Crippen molar-refractivity contribution in [2.45, 2.75) is 17.9 Å². The van der Waals surface area contributed by atoms with Crippen LogP contribution in [-0.4, -0.2) is 43.8 Å². The second-order valence-corrected chi connectivity index (χ2v) is 8.83. The highest BCUT2D eigenvalue weighted by Crippen LogP contribution is 2.24. The molecule has 2 aromatic rings. The lowest BCUT2D eigenvalue weighted by Gasteiger charge is -2.37. The third kappa shape index (κ3) is 3.72. The fraction of sp³-hybridized carbons (Fsp3) is 0.333. The molecule has 24 heavy (non-hydrogen) atoms. The van der Waals surface area contributed by atoms with E-state index in [0.29, 0.717) is 24.0 Å². The molecule has 1 heterocycles.